The van der Waals surface area contributed by atoms with Crippen LogP contribution in [0.2, 0.25) is 0 Å². The van der Waals surface area contributed by atoms with E-state index in [-0.39, 0.29) is 11.9 Å². The van der Waals surface area contributed by atoms with Gasteiger partial charge in [-0.2, -0.15) is 0 Å². The van der Waals surface area contributed by atoms with Crippen molar-refractivity contribution in [2.24, 2.45) is 0 Å². The highest BCUT2D eigenvalue weighted by Crippen LogP contribution is 2.28. The lowest BCUT2D eigenvalue weighted by Crippen LogP contribution is -2.26. The summed E-state index contributed by atoms with van der Waals surface area (Å²) < 4.78 is 5.42. The van der Waals surface area contributed by atoms with Crippen molar-refractivity contribution < 1.29 is 9.53 Å². The minimum Gasteiger partial charge on any atom is -0.496 e. The normalized spacial score (nSPS) is 11.8. The van der Waals surface area contributed by atoms with Crippen molar-refractivity contribution >= 4 is 17.2 Å². The predicted molar refractivity (Wildman–Crippen MR) is 101 cm³/mol. The Hall–Kier alpha value is -2.80. The number of hydrogen-bond donors (Lipinski definition) is 1. The second-order valence-corrected chi connectivity index (χ2v) is 6.95. The fourth-order valence-electron chi connectivity index (χ4n) is 2.64. The van der Waals surface area contributed by atoms with Gasteiger partial charge in [0.05, 0.1) is 18.8 Å². The van der Waals surface area contributed by atoms with Gasteiger partial charge in [-0.1, -0.05) is 17.7 Å². The lowest BCUT2D eigenvalue weighted by atomic mass is 10.0. The fourth-order valence-corrected chi connectivity index (χ4v) is 3.56. The number of rotatable bonds is 5. The Morgan fingerprint density at radius 3 is 2.65 bits per heavy atom. The molecule has 0 saturated carbocycles. The van der Waals surface area contributed by atoms with Crippen LogP contribution in [-0.2, 0) is 0 Å². The van der Waals surface area contributed by atoms with Crippen molar-refractivity contribution in [3.8, 4) is 16.6 Å². The lowest BCUT2D eigenvalue weighted by Gasteiger charge is -2.17. The standard InChI is InChI=1S/C19H20N4O2S/c1-11-6-7-15(25-4)14(10-11)12(2)22-18(24)16-13(3)23-19(26-16)17-20-8-5-9-21-17/h5-10,12H,1-4H3,(H,22,24)/t12-/m1/s1. The van der Waals surface area contributed by atoms with Crippen LogP contribution in [0.4, 0.5) is 0 Å². The van der Waals surface area contributed by atoms with E-state index in [1.54, 1.807) is 25.6 Å². The van der Waals surface area contributed by atoms with Gasteiger partial charge in [0.15, 0.2) is 10.8 Å². The van der Waals surface area contributed by atoms with Crippen LogP contribution in [0.15, 0.2) is 36.7 Å². The molecule has 1 aromatic carbocycles. The largest absolute Gasteiger partial charge is 0.496 e. The molecule has 1 amide bonds. The minimum atomic E-state index is -0.199. The summed E-state index contributed by atoms with van der Waals surface area (Å²) in [6, 6.07) is 7.46. The Kier molecular flexibility index (Phi) is 5.27. The molecule has 0 aliphatic carbocycles. The number of nitrogens with zero attached hydrogens (tertiary/aromatic N) is 3. The van der Waals surface area contributed by atoms with E-state index >= 15 is 0 Å². The topological polar surface area (TPSA) is 77.0 Å². The predicted octanol–water partition coefficient (Wildman–Crippen LogP) is 3.72. The Labute approximate surface area is 156 Å². The molecule has 0 aliphatic rings. The summed E-state index contributed by atoms with van der Waals surface area (Å²) in [4.78, 5) is 26.1. The Bertz CT molecular complexity index is 925. The van der Waals surface area contributed by atoms with Crippen LogP contribution in [0.3, 0.4) is 0 Å². The van der Waals surface area contributed by atoms with E-state index in [2.05, 4.69) is 20.3 Å². The number of amides is 1. The van der Waals surface area contributed by atoms with Crippen LogP contribution in [0.25, 0.3) is 10.8 Å². The number of benzene rings is 1. The maximum Gasteiger partial charge on any atom is 0.263 e. The molecule has 0 fully saturated rings. The van der Waals surface area contributed by atoms with Crippen LogP contribution < -0.4 is 10.1 Å². The Morgan fingerprint density at radius 1 is 1.23 bits per heavy atom. The summed E-state index contributed by atoms with van der Waals surface area (Å²) in [5.41, 5.74) is 2.72. The maximum absolute atomic E-state index is 12.8. The van der Waals surface area contributed by atoms with Crippen LogP contribution in [0.5, 0.6) is 5.75 Å². The van der Waals surface area contributed by atoms with Crippen molar-refractivity contribution in [2.45, 2.75) is 26.8 Å². The molecule has 1 atom stereocenters. The number of hydrogen-bond acceptors (Lipinski definition) is 6. The van der Waals surface area contributed by atoms with Gasteiger partial charge in [-0.25, -0.2) is 15.0 Å². The monoisotopic (exact) mass is 368 g/mol. The van der Waals surface area contributed by atoms with Gasteiger partial charge in [-0.3, -0.25) is 4.79 Å². The molecule has 3 rings (SSSR count). The van der Waals surface area contributed by atoms with E-state index < -0.39 is 0 Å². The molecule has 7 heteroatoms. The summed E-state index contributed by atoms with van der Waals surface area (Å²) in [5.74, 6) is 1.11. The Morgan fingerprint density at radius 2 is 1.96 bits per heavy atom. The lowest BCUT2D eigenvalue weighted by molar-refractivity contribution is 0.0943. The van der Waals surface area contributed by atoms with Gasteiger partial charge >= 0.3 is 0 Å². The van der Waals surface area contributed by atoms with Crippen LogP contribution in [0.1, 0.15) is 39.5 Å². The summed E-state index contributed by atoms with van der Waals surface area (Å²) in [7, 11) is 1.63. The highest BCUT2D eigenvalue weighted by Gasteiger charge is 2.20. The first-order chi connectivity index (χ1) is 12.5. The number of carbonyl (C=O) groups excluding carboxylic acids is 1. The number of thiazole rings is 1. The van der Waals surface area contributed by atoms with E-state index in [4.69, 9.17) is 4.74 Å². The highest BCUT2D eigenvalue weighted by atomic mass is 32.1. The fraction of sp³-hybridized carbons (Fsp3) is 0.263. The van der Waals surface area contributed by atoms with Crippen LogP contribution in [-0.4, -0.2) is 28.0 Å². The molecule has 3 aromatic rings. The van der Waals surface area contributed by atoms with Crippen molar-refractivity contribution in [1.29, 1.82) is 0 Å². The molecular formula is C19H20N4O2S. The van der Waals surface area contributed by atoms with E-state index in [0.717, 1.165) is 16.9 Å². The molecule has 6 nitrogen and oxygen atoms in total. The zero-order chi connectivity index (χ0) is 18.7. The first-order valence-corrected chi connectivity index (χ1v) is 9.01. The number of carbonyl (C=O) groups is 1. The average Bonchev–Trinajstić information content (AvgIpc) is 3.04. The van der Waals surface area contributed by atoms with Crippen molar-refractivity contribution in [2.75, 3.05) is 7.11 Å². The molecule has 2 aromatic heterocycles. The first-order valence-electron chi connectivity index (χ1n) is 8.19. The number of aromatic nitrogens is 3. The number of ether oxygens (including phenoxy) is 1. The quantitative estimate of drug-likeness (QED) is 0.743. The number of methoxy groups -OCH3 is 1. The second-order valence-electron chi connectivity index (χ2n) is 5.95. The Balaban J connectivity index is 1.82. The number of aryl methyl sites for hydroxylation is 2. The third-order valence-corrected chi connectivity index (χ3v) is 5.11. The smallest absolute Gasteiger partial charge is 0.263 e. The molecule has 0 bridgehead atoms. The van der Waals surface area contributed by atoms with Crippen molar-refractivity contribution in [1.82, 2.24) is 20.3 Å². The molecule has 0 unspecified atom stereocenters. The zero-order valence-electron chi connectivity index (χ0n) is 15.1. The molecular weight excluding hydrogens is 348 g/mol. The van der Waals surface area contributed by atoms with Crippen LogP contribution in [0, 0.1) is 13.8 Å². The molecule has 0 radical (unpaired) electrons. The maximum atomic E-state index is 12.8. The summed E-state index contributed by atoms with van der Waals surface area (Å²) in [6.45, 7) is 5.76. The van der Waals surface area contributed by atoms with Gasteiger partial charge in [0.25, 0.3) is 5.91 Å². The molecule has 26 heavy (non-hydrogen) atoms. The van der Waals surface area contributed by atoms with E-state index in [1.165, 1.54) is 11.3 Å². The zero-order valence-corrected chi connectivity index (χ0v) is 15.9. The molecule has 2 heterocycles. The van der Waals surface area contributed by atoms with E-state index in [9.17, 15) is 4.79 Å². The summed E-state index contributed by atoms with van der Waals surface area (Å²) >= 11 is 1.29. The highest BCUT2D eigenvalue weighted by molar-refractivity contribution is 7.17. The summed E-state index contributed by atoms with van der Waals surface area (Å²) in [6.07, 6.45) is 3.32. The summed E-state index contributed by atoms with van der Waals surface area (Å²) in [5, 5.41) is 3.66. The van der Waals surface area contributed by atoms with E-state index in [1.807, 2.05) is 39.0 Å². The van der Waals surface area contributed by atoms with E-state index in [0.29, 0.717) is 21.4 Å². The minimum absolute atomic E-state index is 0.168. The van der Waals surface area contributed by atoms with Crippen molar-refractivity contribution in [3.63, 3.8) is 0 Å². The van der Waals surface area contributed by atoms with Gasteiger partial charge in [0, 0.05) is 18.0 Å². The van der Waals surface area contributed by atoms with Gasteiger partial charge in [-0.15, -0.1) is 11.3 Å². The van der Waals surface area contributed by atoms with Gasteiger partial charge in [-0.05, 0) is 32.9 Å². The SMILES string of the molecule is COc1ccc(C)cc1[C@@H](C)NC(=O)c1sc(-c2ncccn2)nc1C. The number of nitrogens with one attached hydrogen (secondary N) is 1. The van der Waals surface area contributed by atoms with Gasteiger partial charge in [0.1, 0.15) is 10.6 Å². The third kappa shape index (κ3) is 3.72. The average molecular weight is 368 g/mol. The van der Waals surface area contributed by atoms with Crippen LogP contribution >= 0.6 is 11.3 Å². The van der Waals surface area contributed by atoms with Gasteiger partial charge < -0.3 is 10.1 Å². The molecule has 0 spiro atoms. The molecule has 134 valence electrons. The third-order valence-electron chi connectivity index (χ3n) is 3.96. The van der Waals surface area contributed by atoms with Crippen molar-refractivity contribution in [3.05, 3.63) is 58.4 Å². The first kappa shape index (κ1) is 18.0. The molecule has 0 saturated heterocycles. The molecule has 0 aliphatic heterocycles. The van der Waals surface area contributed by atoms with Gasteiger partial charge in [0.2, 0.25) is 0 Å². The second kappa shape index (κ2) is 7.61. The molecule has 1 N–H and O–H groups in total.